The first-order valence-electron chi connectivity index (χ1n) is 9.37. The molecular weight excluding hydrogens is 374 g/mol. The van der Waals surface area contributed by atoms with Crippen molar-refractivity contribution in [1.82, 2.24) is 4.90 Å². The maximum atomic E-state index is 5.60. The molecule has 0 atom stereocenters. The number of thiocarbonyl (C=S) groups is 1. The Morgan fingerprint density at radius 2 is 1.61 bits per heavy atom. The number of methoxy groups -OCH3 is 3. The van der Waals surface area contributed by atoms with Crippen molar-refractivity contribution < 1.29 is 19.1 Å². The lowest BCUT2D eigenvalue weighted by atomic mass is 10.1. The van der Waals surface area contributed by atoms with Crippen LogP contribution in [0.4, 0.5) is 5.69 Å². The summed E-state index contributed by atoms with van der Waals surface area (Å²) in [5.41, 5.74) is 2.14. The van der Waals surface area contributed by atoms with Crippen LogP contribution in [0, 0.1) is 0 Å². The first-order valence-corrected chi connectivity index (χ1v) is 9.78. The van der Waals surface area contributed by atoms with Gasteiger partial charge < -0.3 is 29.3 Å². The number of benzene rings is 2. The van der Waals surface area contributed by atoms with Crippen molar-refractivity contribution in [3.8, 4) is 17.2 Å². The van der Waals surface area contributed by atoms with E-state index in [-0.39, 0.29) is 0 Å². The molecule has 2 N–H and O–H groups in total. The van der Waals surface area contributed by atoms with E-state index in [9.17, 15) is 0 Å². The maximum Gasteiger partial charge on any atom is 0.173 e. The highest BCUT2D eigenvalue weighted by Gasteiger charge is 2.23. The normalized spacial score (nSPS) is 14.5. The van der Waals surface area contributed by atoms with Crippen molar-refractivity contribution in [3.05, 3.63) is 48.0 Å². The molecule has 1 fully saturated rings. The minimum Gasteiger partial charge on any atom is -0.497 e. The molecule has 0 radical (unpaired) electrons. The van der Waals surface area contributed by atoms with E-state index in [1.165, 1.54) is 10.5 Å². The number of nitrogens with one attached hydrogen (secondary N) is 2. The average molecular weight is 403 g/mol. The summed E-state index contributed by atoms with van der Waals surface area (Å²) in [5.74, 6) is 2.60. The molecule has 150 valence electrons. The van der Waals surface area contributed by atoms with Crippen LogP contribution in [-0.4, -0.2) is 57.5 Å². The second-order valence-corrected chi connectivity index (χ2v) is 7.14. The van der Waals surface area contributed by atoms with E-state index in [4.69, 9.17) is 26.4 Å². The molecule has 6 nitrogen and oxygen atoms in total. The lowest BCUT2D eigenvalue weighted by Gasteiger charge is -2.34. The van der Waals surface area contributed by atoms with Gasteiger partial charge in [0.15, 0.2) is 5.11 Å². The zero-order valence-corrected chi connectivity index (χ0v) is 17.5. The third-order valence-electron chi connectivity index (χ3n) is 5.03. The summed E-state index contributed by atoms with van der Waals surface area (Å²) in [4.78, 5) is 3.74. The SMILES string of the molecule is COc1ccc(NC(=S)N2CC[NH+](Cc3cc(OC)ccc3OC)CC2)cc1. The van der Waals surface area contributed by atoms with Crippen LogP contribution in [0.1, 0.15) is 5.56 Å². The van der Waals surface area contributed by atoms with Crippen LogP contribution in [0.15, 0.2) is 42.5 Å². The van der Waals surface area contributed by atoms with Gasteiger partial charge in [0, 0.05) is 5.69 Å². The van der Waals surface area contributed by atoms with Crippen LogP contribution in [0.3, 0.4) is 0 Å². The van der Waals surface area contributed by atoms with E-state index in [0.29, 0.717) is 0 Å². The molecule has 7 heteroatoms. The van der Waals surface area contributed by atoms with E-state index in [0.717, 1.165) is 60.8 Å². The Balaban J connectivity index is 1.53. The predicted octanol–water partition coefficient (Wildman–Crippen LogP) is 1.81. The Morgan fingerprint density at radius 1 is 0.964 bits per heavy atom. The van der Waals surface area contributed by atoms with Gasteiger partial charge in [0.2, 0.25) is 0 Å². The van der Waals surface area contributed by atoms with Crippen LogP contribution in [-0.2, 0) is 6.54 Å². The Morgan fingerprint density at radius 3 is 2.21 bits per heavy atom. The summed E-state index contributed by atoms with van der Waals surface area (Å²) in [7, 11) is 5.06. The summed E-state index contributed by atoms with van der Waals surface area (Å²) in [6.45, 7) is 4.79. The zero-order valence-electron chi connectivity index (χ0n) is 16.7. The Kier molecular flexibility index (Phi) is 6.95. The molecule has 0 aliphatic carbocycles. The molecule has 1 saturated heterocycles. The highest BCUT2D eigenvalue weighted by atomic mass is 32.1. The Hall–Kier alpha value is -2.51. The van der Waals surface area contributed by atoms with Crippen molar-refractivity contribution in [3.63, 3.8) is 0 Å². The molecule has 0 saturated carbocycles. The van der Waals surface area contributed by atoms with Crippen LogP contribution >= 0.6 is 12.2 Å². The zero-order chi connectivity index (χ0) is 19.9. The number of hydrogen-bond donors (Lipinski definition) is 2. The standard InChI is InChI=1S/C21H27N3O3S/c1-25-18-6-4-17(5-7-18)22-21(28)24-12-10-23(11-13-24)15-16-14-19(26-2)8-9-20(16)27-3/h4-9,14H,10-13,15H2,1-3H3,(H,22,28)/p+1. The molecule has 0 bridgehead atoms. The minimum atomic E-state index is 0.767. The lowest BCUT2D eigenvalue weighted by molar-refractivity contribution is -0.917. The molecule has 2 aromatic rings. The lowest BCUT2D eigenvalue weighted by Crippen LogP contribution is -3.13. The van der Waals surface area contributed by atoms with E-state index < -0.39 is 0 Å². The molecule has 0 spiro atoms. The van der Waals surface area contributed by atoms with Crippen molar-refractivity contribution in [1.29, 1.82) is 0 Å². The molecular formula is C21H28N3O3S+. The van der Waals surface area contributed by atoms with E-state index in [1.54, 1.807) is 21.3 Å². The van der Waals surface area contributed by atoms with Crippen LogP contribution < -0.4 is 24.4 Å². The smallest absolute Gasteiger partial charge is 0.173 e. The van der Waals surface area contributed by atoms with Crippen molar-refractivity contribution in [2.45, 2.75) is 6.54 Å². The molecule has 0 amide bonds. The van der Waals surface area contributed by atoms with Gasteiger partial charge in [0.05, 0.1) is 53.1 Å². The first-order chi connectivity index (χ1) is 13.6. The van der Waals surface area contributed by atoms with Crippen LogP contribution in [0.2, 0.25) is 0 Å². The van der Waals surface area contributed by atoms with Crippen molar-refractivity contribution in [2.75, 3.05) is 52.8 Å². The Labute approximate surface area is 172 Å². The number of quaternary nitrogens is 1. The second-order valence-electron chi connectivity index (χ2n) is 6.75. The van der Waals surface area contributed by atoms with Gasteiger partial charge in [-0.05, 0) is 54.7 Å². The van der Waals surface area contributed by atoms with Gasteiger partial charge in [-0.3, -0.25) is 0 Å². The topological polar surface area (TPSA) is 47.4 Å². The van der Waals surface area contributed by atoms with Gasteiger partial charge in [-0.25, -0.2) is 0 Å². The Bertz CT molecular complexity index is 790. The predicted molar refractivity (Wildman–Crippen MR) is 115 cm³/mol. The fourth-order valence-electron chi connectivity index (χ4n) is 3.37. The highest BCUT2D eigenvalue weighted by Crippen LogP contribution is 2.23. The van der Waals surface area contributed by atoms with Gasteiger partial charge in [-0.15, -0.1) is 0 Å². The van der Waals surface area contributed by atoms with Gasteiger partial charge in [-0.1, -0.05) is 0 Å². The quantitative estimate of drug-likeness (QED) is 0.719. The summed E-state index contributed by atoms with van der Waals surface area (Å²) >= 11 is 5.60. The number of nitrogens with zero attached hydrogens (tertiary/aromatic N) is 1. The number of hydrogen-bond acceptors (Lipinski definition) is 4. The molecule has 0 aromatic heterocycles. The average Bonchev–Trinajstić information content (AvgIpc) is 2.74. The summed E-state index contributed by atoms with van der Waals surface area (Å²) in [6, 6.07) is 13.8. The number of ether oxygens (including phenoxy) is 3. The van der Waals surface area contributed by atoms with Gasteiger partial charge in [0.1, 0.15) is 23.8 Å². The molecule has 1 aliphatic rings. The fraction of sp³-hybridized carbons (Fsp3) is 0.381. The fourth-order valence-corrected chi connectivity index (χ4v) is 3.67. The second kappa shape index (κ2) is 9.61. The summed E-state index contributed by atoms with van der Waals surface area (Å²) < 4.78 is 16.1. The van der Waals surface area contributed by atoms with Gasteiger partial charge in [-0.2, -0.15) is 0 Å². The third-order valence-corrected chi connectivity index (χ3v) is 5.39. The number of piperazine rings is 1. The molecule has 0 unspecified atom stereocenters. The minimum absolute atomic E-state index is 0.767. The summed E-state index contributed by atoms with van der Waals surface area (Å²) in [5, 5.41) is 4.08. The third kappa shape index (κ3) is 5.05. The first kappa shape index (κ1) is 20.2. The largest absolute Gasteiger partial charge is 0.497 e. The van der Waals surface area contributed by atoms with E-state index >= 15 is 0 Å². The number of anilines is 1. The monoisotopic (exact) mass is 402 g/mol. The summed E-state index contributed by atoms with van der Waals surface area (Å²) in [6.07, 6.45) is 0. The molecule has 1 aliphatic heterocycles. The van der Waals surface area contributed by atoms with Crippen molar-refractivity contribution in [2.24, 2.45) is 0 Å². The molecule has 2 aromatic carbocycles. The molecule has 28 heavy (non-hydrogen) atoms. The molecule has 1 heterocycles. The van der Waals surface area contributed by atoms with Gasteiger partial charge in [0.25, 0.3) is 0 Å². The highest BCUT2D eigenvalue weighted by molar-refractivity contribution is 7.80. The molecule has 3 rings (SSSR count). The van der Waals surface area contributed by atoms with E-state index in [1.807, 2.05) is 36.4 Å². The maximum absolute atomic E-state index is 5.60. The van der Waals surface area contributed by atoms with Crippen molar-refractivity contribution >= 4 is 23.0 Å². The van der Waals surface area contributed by atoms with Gasteiger partial charge >= 0.3 is 0 Å². The number of rotatable bonds is 6. The van der Waals surface area contributed by atoms with Crippen LogP contribution in [0.25, 0.3) is 0 Å². The van der Waals surface area contributed by atoms with Crippen LogP contribution in [0.5, 0.6) is 17.2 Å². The van der Waals surface area contributed by atoms with E-state index in [2.05, 4.69) is 16.3 Å².